The van der Waals surface area contributed by atoms with E-state index in [0.717, 1.165) is 5.57 Å². The van der Waals surface area contributed by atoms with E-state index in [1.165, 1.54) is 0 Å². The Hall–Kier alpha value is -0.890. The summed E-state index contributed by atoms with van der Waals surface area (Å²) in [7, 11) is 0. The number of aliphatic imine (C=N–C) groups is 1. The lowest BCUT2D eigenvalue weighted by molar-refractivity contribution is 0.882. The monoisotopic (exact) mass is 124 g/mol. The lowest BCUT2D eigenvalue weighted by Gasteiger charge is -2.02. The Labute approximate surface area is 55.8 Å². The summed E-state index contributed by atoms with van der Waals surface area (Å²) in [5, 5.41) is 0. The summed E-state index contributed by atoms with van der Waals surface area (Å²) in [5.41, 5.74) is 6.41. The van der Waals surface area contributed by atoms with Gasteiger partial charge in [-0.3, -0.25) is 4.99 Å². The number of nitrogens with zero attached hydrogens (tertiary/aromatic N) is 1. The molecule has 0 aromatic rings. The highest BCUT2D eigenvalue weighted by Gasteiger charge is 1.95. The van der Waals surface area contributed by atoms with E-state index in [4.69, 9.17) is 5.73 Å². The predicted octanol–water partition coefficient (Wildman–Crippen LogP) is 1.10. The number of nitrogens with two attached hydrogens (primary N) is 1. The van der Waals surface area contributed by atoms with E-state index in [2.05, 4.69) is 18.3 Å². The van der Waals surface area contributed by atoms with Gasteiger partial charge in [-0.15, -0.1) is 0 Å². The summed E-state index contributed by atoms with van der Waals surface area (Å²) in [5.74, 6) is 0. The van der Waals surface area contributed by atoms with Gasteiger partial charge in [0.1, 0.15) is 0 Å². The number of rotatable bonds is 3. The van der Waals surface area contributed by atoms with Gasteiger partial charge >= 0.3 is 0 Å². The lowest BCUT2D eigenvalue weighted by atomic mass is 10.1. The second-order valence-corrected chi connectivity index (χ2v) is 1.80. The van der Waals surface area contributed by atoms with Crippen molar-refractivity contribution < 1.29 is 0 Å². The molecule has 1 unspecified atom stereocenters. The quantitative estimate of drug-likeness (QED) is 0.444. The van der Waals surface area contributed by atoms with Crippen LogP contribution >= 0.6 is 0 Å². The molecule has 0 aliphatic heterocycles. The molecule has 9 heavy (non-hydrogen) atoms. The van der Waals surface area contributed by atoms with Gasteiger partial charge < -0.3 is 5.73 Å². The van der Waals surface area contributed by atoms with Gasteiger partial charge in [0.05, 0.1) is 0 Å². The molecule has 0 saturated carbocycles. The molecule has 0 aliphatic carbocycles. The van der Waals surface area contributed by atoms with Crippen molar-refractivity contribution in [2.45, 2.75) is 13.0 Å². The number of hydrogen-bond acceptors (Lipinski definition) is 2. The van der Waals surface area contributed by atoms with Crippen molar-refractivity contribution in [3.8, 4) is 0 Å². The Balaban J connectivity index is 4.13. The van der Waals surface area contributed by atoms with E-state index in [1.807, 2.05) is 6.92 Å². The van der Waals surface area contributed by atoms with Crippen molar-refractivity contribution in [1.29, 1.82) is 0 Å². The first-order chi connectivity index (χ1) is 4.22. The van der Waals surface area contributed by atoms with Crippen molar-refractivity contribution in [3.05, 3.63) is 24.4 Å². The molecule has 0 spiro atoms. The predicted molar refractivity (Wildman–Crippen MR) is 41.5 cm³/mol. The molecule has 0 bridgehead atoms. The average Bonchev–Trinajstić information content (AvgIpc) is 1.82. The summed E-state index contributed by atoms with van der Waals surface area (Å²) in [6, 6.07) is -0.00648. The molecule has 0 saturated heterocycles. The van der Waals surface area contributed by atoms with Gasteiger partial charge in [-0.05, 0) is 19.2 Å². The van der Waals surface area contributed by atoms with Crippen molar-refractivity contribution in [3.63, 3.8) is 0 Å². The maximum absolute atomic E-state index is 5.51. The third kappa shape index (κ3) is 2.82. The molecule has 0 radical (unpaired) electrons. The molecule has 0 amide bonds. The maximum Gasteiger partial charge on any atom is 0.0308 e. The molecule has 0 aromatic carbocycles. The third-order valence-corrected chi connectivity index (χ3v) is 1.00. The first-order valence-corrected chi connectivity index (χ1v) is 2.76. The minimum atomic E-state index is -0.00648. The zero-order valence-electron chi connectivity index (χ0n) is 5.67. The molecular weight excluding hydrogens is 112 g/mol. The maximum atomic E-state index is 5.51. The number of hydrogen-bond donors (Lipinski definition) is 1. The van der Waals surface area contributed by atoms with Crippen LogP contribution in [0.1, 0.15) is 6.92 Å². The molecule has 0 rings (SSSR count). The van der Waals surface area contributed by atoms with Gasteiger partial charge in [-0.2, -0.15) is 0 Å². The highest BCUT2D eigenvalue weighted by molar-refractivity contribution is 5.29. The first kappa shape index (κ1) is 8.11. The molecule has 2 N–H and O–H groups in total. The van der Waals surface area contributed by atoms with Crippen LogP contribution in [0.25, 0.3) is 0 Å². The lowest BCUT2D eigenvalue weighted by Crippen LogP contribution is -2.16. The highest BCUT2D eigenvalue weighted by atomic mass is 14.7. The van der Waals surface area contributed by atoms with Crippen LogP contribution in [-0.2, 0) is 0 Å². The van der Waals surface area contributed by atoms with Crippen LogP contribution in [-0.4, -0.2) is 12.8 Å². The standard InChI is InChI=1S/C7H12N2/c1-4-7(5-9-3)6(2)8/h4-6H,1,3,8H2,2H3/b7-5+. The summed E-state index contributed by atoms with van der Waals surface area (Å²) < 4.78 is 0. The Morgan fingerprint density at radius 1 is 1.78 bits per heavy atom. The third-order valence-electron chi connectivity index (χ3n) is 1.00. The van der Waals surface area contributed by atoms with E-state index < -0.39 is 0 Å². The van der Waals surface area contributed by atoms with Gasteiger partial charge in [0.15, 0.2) is 0 Å². The van der Waals surface area contributed by atoms with Gasteiger partial charge in [0.2, 0.25) is 0 Å². The normalized spacial score (nSPS) is 14.7. The molecule has 0 heterocycles. The van der Waals surface area contributed by atoms with E-state index in [0.29, 0.717) is 0 Å². The minimum Gasteiger partial charge on any atom is -0.324 e. The van der Waals surface area contributed by atoms with Gasteiger partial charge in [0.25, 0.3) is 0 Å². The molecule has 0 fully saturated rings. The van der Waals surface area contributed by atoms with Crippen molar-refractivity contribution >= 4 is 6.72 Å². The summed E-state index contributed by atoms with van der Waals surface area (Å²) in [4.78, 5) is 3.56. The zero-order valence-corrected chi connectivity index (χ0v) is 5.67. The van der Waals surface area contributed by atoms with Crippen LogP contribution < -0.4 is 5.73 Å². The van der Waals surface area contributed by atoms with Crippen LogP contribution in [0.5, 0.6) is 0 Å². The Bertz CT molecular complexity index is 134. The fourth-order valence-electron chi connectivity index (χ4n) is 0.462. The smallest absolute Gasteiger partial charge is 0.0308 e. The molecule has 2 heteroatoms. The van der Waals surface area contributed by atoms with Crippen LogP contribution in [0.15, 0.2) is 29.4 Å². The van der Waals surface area contributed by atoms with Gasteiger partial charge in [0, 0.05) is 12.2 Å². The molecule has 0 aromatic heterocycles. The average molecular weight is 124 g/mol. The van der Waals surface area contributed by atoms with Crippen LogP contribution in [0.2, 0.25) is 0 Å². The van der Waals surface area contributed by atoms with Gasteiger partial charge in [-0.1, -0.05) is 12.7 Å². The molecule has 1 atom stereocenters. The van der Waals surface area contributed by atoms with Crippen LogP contribution in [0, 0.1) is 0 Å². The van der Waals surface area contributed by atoms with Crippen molar-refractivity contribution in [1.82, 2.24) is 0 Å². The molecule has 0 aliphatic rings. The van der Waals surface area contributed by atoms with E-state index in [-0.39, 0.29) is 6.04 Å². The van der Waals surface area contributed by atoms with E-state index in [1.54, 1.807) is 12.3 Å². The Morgan fingerprint density at radius 3 is 2.44 bits per heavy atom. The largest absolute Gasteiger partial charge is 0.324 e. The molecular formula is C7H12N2. The van der Waals surface area contributed by atoms with E-state index in [9.17, 15) is 0 Å². The van der Waals surface area contributed by atoms with Crippen LogP contribution in [0.3, 0.4) is 0 Å². The minimum absolute atomic E-state index is 0.00648. The Morgan fingerprint density at radius 2 is 2.33 bits per heavy atom. The summed E-state index contributed by atoms with van der Waals surface area (Å²) in [6.07, 6.45) is 3.29. The topological polar surface area (TPSA) is 38.4 Å². The SMILES string of the molecule is C=C/C(=C\N=C)C(C)N. The van der Waals surface area contributed by atoms with Crippen molar-refractivity contribution in [2.75, 3.05) is 0 Å². The molecule has 50 valence electrons. The van der Waals surface area contributed by atoms with Gasteiger partial charge in [-0.25, -0.2) is 0 Å². The summed E-state index contributed by atoms with van der Waals surface area (Å²) in [6.45, 7) is 8.74. The summed E-state index contributed by atoms with van der Waals surface area (Å²) >= 11 is 0. The van der Waals surface area contributed by atoms with Crippen LogP contribution in [0.4, 0.5) is 0 Å². The fraction of sp³-hybridized carbons (Fsp3) is 0.286. The zero-order chi connectivity index (χ0) is 7.28. The van der Waals surface area contributed by atoms with Crippen molar-refractivity contribution in [2.24, 2.45) is 10.7 Å². The second-order valence-electron chi connectivity index (χ2n) is 1.80. The fourth-order valence-corrected chi connectivity index (χ4v) is 0.462. The second kappa shape index (κ2) is 4.04. The first-order valence-electron chi connectivity index (χ1n) is 2.76. The highest BCUT2D eigenvalue weighted by Crippen LogP contribution is 1.99. The Kier molecular flexibility index (Phi) is 3.64. The molecule has 2 nitrogen and oxygen atoms in total. The van der Waals surface area contributed by atoms with E-state index >= 15 is 0 Å².